The van der Waals surface area contributed by atoms with Crippen molar-refractivity contribution >= 4 is 45.3 Å². The molecule has 2 aromatic carbocycles. The molecule has 0 saturated carbocycles. The summed E-state index contributed by atoms with van der Waals surface area (Å²) < 4.78 is 36.9. The second-order valence-electron chi connectivity index (χ2n) is 6.23. The molecule has 1 aliphatic rings. The molecule has 154 valence electrons. The maximum absolute atomic E-state index is 12.6. The van der Waals surface area contributed by atoms with Crippen molar-refractivity contribution in [3.63, 3.8) is 0 Å². The van der Waals surface area contributed by atoms with E-state index in [4.69, 9.17) is 32.7 Å². The molecule has 29 heavy (non-hydrogen) atoms. The lowest BCUT2D eigenvalue weighted by molar-refractivity contribution is -0.138. The average molecular weight is 456 g/mol. The van der Waals surface area contributed by atoms with Gasteiger partial charge in [-0.05, 0) is 35.9 Å². The van der Waals surface area contributed by atoms with Gasteiger partial charge in [-0.3, -0.25) is 0 Å². The summed E-state index contributed by atoms with van der Waals surface area (Å²) in [5.74, 6) is -0.564. The van der Waals surface area contributed by atoms with Crippen LogP contribution in [0.2, 0.25) is 10.0 Å². The lowest BCUT2D eigenvalue weighted by Crippen LogP contribution is -2.40. The van der Waals surface area contributed by atoms with Crippen molar-refractivity contribution in [2.75, 3.05) is 26.3 Å². The third-order valence-electron chi connectivity index (χ3n) is 4.32. The molecular weight excluding hydrogens is 437 g/mol. The van der Waals surface area contributed by atoms with Crippen LogP contribution in [0.25, 0.3) is 6.08 Å². The highest BCUT2D eigenvalue weighted by molar-refractivity contribution is 7.89. The molecular formula is C20H19Cl2NO5S. The Bertz CT molecular complexity index is 980. The minimum absolute atomic E-state index is 0.0432. The Hall–Kier alpha value is -1.90. The van der Waals surface area contributed by atoms with Crippen molar-refractivity contribution in [1.82, 2.24) is 4.31 Å². The van der Waals surface area contributed by atoms with E-state index in [-0.39, 0.29) is 11.5 Å². The second-order valence-corrected chi connectivity index (χ2v) is 8.98. The van der Waals surface area contributed by atoms with Gasteiger partial charge in [0.1, 0.15) is 6.61 Å². The van der Waals surface area contributed by atoms with E-state index in [1.165, 1.54) is 22.5 Å². The van der Waals surface area contributed by atoms with Gasteiger partial charge in [0.25, 0.3) is 0 Å². The van der Waals surface area contributed by atoms with Crippen molar-refractivity contribution in [1.29, 1.82) is 0 Å². The Balaban J connectivity index is 1.60. The number of esters is 1. The zero-order valence-electron chi connectivity index (χ0n) is 15.4. The largest absolute Gasteiger partial charge is 0.458 e. The molecule has 0 aromatic heterocycles. The highest BCUT2D eigenvalue weighted by Gasteiger charge is 2.25. The maximum atomic E-state index is 12.6. The highest BCUT2D eigenvalue weighted by atomic mass is 35.5. The summed E-state index contributed by atoms with van der Waals surface area (Å²) in [5.41, 5.74) is 1.20. The molecule has 0 N–H and O–H groups in total. The van der Waals surface area contributed by atoms with Gasteiger partial charge in [-0.15, -0.1) is 0 Å². The van der Waals surface area contributed by atoms with Gasteiger partial charge in [0, 0.05) is 34.8 Å². The minimum atomic E-state index is -3.54. The topological polar surface area (TPSA) is 72.9 Å². The predicted molar refractivity (Wildman–Crippen MR) is 111 cm³/mol. The van der Waals surface area contributed by atoms with Crippen LogP contribution in [-0.4, -0.2) is 45.0 Å². The van der Waals surface area contributed by atoms with Crippen molar-refractivity contribution < 1.29 is 22.7 Å². The van der Waals surface area contributed by atoms with Gasteiger partial charge in [0.15, 0.2) is 0 Å². The van der Waals surface area contributed by atoms with Gasteiger partial charge >= 0.3 is 5.97 Å². The van der Waals surface area contributed by atoms with Crippen LogP contribution in [0.15, 0.2) is 53.4 Å². The highest BCUT2D eigenvalue weighted by Crippen LogP contribution is 2.25. The molecule has 0 atom stereocenters. The fourth-order valence-corrected chi connectivity index (χ4v) is 4.63. The first-order valence-corrected chi connectivity index (χ1v) is 11.0. The van der Waals surface area contributed by atoms with Crippen LogP contribution < -0.4 is 0 Å². The quantitative estimate of drug-likeness (QED) is 0.489. The number of hydrogen-bond acceptors (Lipinski definition) is 5. The summed E-state index contributed by atoms with van der Waals surface area (Å²) in [6, 6.07) is 11.3. The average Bonchev–Trinajstić information content (AvgIpc) is 2.73. The van der Waals surface area contributed by atoms with Crippen molar-refractivity contribution in [2.24, 2.45) is 0 Å². The van der Waals surface area contributed by atoms with Gasteiger partial charge in [-0.2, -0.15) is 4.31 Å². The molecule has 1 heterocycles. The number of sulfonamides is 1. The number of ether oxygens (including phenoxy) is 2. The molecule has 2 aromatic rings. The first-order valence-electron chi connectivity index (χ1n) is 8.83. The number of halogens is 2. The Kier molecular flexibility index (Phi) is 7.32. The normalized spacial score (nSPS) is 15.5. The second kappa shape index (κ2) is 9.73. The summed E-state index contributed by atoms with van der Waals surface area (Å²) in [7, 11) is -3.54. The predicted octanol–water partition coefficient (Wildman–Crippen LogP) is 3.77. The number of morpholine rings is 1. The molecule has 0 unspecified atom stereocenters. The molecule has 0 aliphatic carbocycles. The summed E-state index contributed by atoms with van der Waals surface area (Å²) >= 11 is 12.1. The van der Waals surface area contributed by atoms with Crippen LogP contribution in [0.5, 0.6) is 0 Å². The fraction of sp³-hybridized carbons (Fsp3) is 0.250. The number of benzene rings is 2. The van der Waals surface area contributed by atoms with Crippen LogP contribution in [0.3, 0.4) is 0 Å². The molecule has 0 bridgehead atoms. The van der Waals surface area contributed by atoms with Gasteiger partial charge in [-0.1, -0.05) is 41.4 Å². The molecule has 1 fully saturated rings. The van der Waals surface area contributed by atoms with Crippen molar-refractivity contribution in [2.45, 2.75) is 11.5 Å². The van der Waals surface area contributed by atoms with E-state index >= 15 is 0 Å². The summed E-state index contributed by atoms with van der Waals surface area (Å²) in [4.78, 5) is 12.1. The smallest absolute Gasteiger partial charge is 0.331 e. The summed E-state index contributed by atoms with van der Waals surface area (Å²) in [6.45, 7) is 1.41. The number of carbonyl (C=O) groups excluding carboxylic acids is 1. The van der Waals surface area contributed by atoms with E-state index in [1.807, 2.05) is 0 Å². The van der Waals surface area contributed by atoms with Gasteiger partial charge < -0.3 is 9.47 Å². The third kappa shape index (κ3) is 5.58. The van der Waals surface area contributed by atoms with Crippen molar-refractivity contribution in [3.8, 4) is 0 Å². The number of carbonyl (C=O) groups is 1. The fourth-order valence-electron chi connectivity index (χ4n) is 2.71. The molecule has 0 radical (unpaired) electrons. The zero-order valence-corrected chi connectivity index (χ0v) is 17.7. The van der Waals surface area contributed by atoms with Gasteiger partial charge in [-0.25, -0.2) is 13.2 Å². The Morgan fingerprint density at radius 1 is 1.07 bits per heavy atom. The van der Waals surface area contributed by atoms with Crippen LogP contribution in [0.4, 0.5) is 0 Å². The lowest BCUT2D eigenvalue weighted by Gasteiger charge is -2.26. The Labute approximate surface area is 179 Å². The Morgan fingerprint density at radius 2 is 1.69 bits per heavy atom. The maximum Gasteiger partial charge on any atom is 0.331 e. The van der Waals surface area contributed by atoms with E-state index in [2.05, 4.69) is 0 Å². The number of rotatable bonds is 6. The van der Waals surface area contributed by atoms with E-state index in [1.54, 1.807) is 36.4 Å². The SMILES string of the molecule is O=C(C=Cc1ccc(S(=O)(=O)N2CCOCC2)cc1)OCc1c(Cl)cccc1Cl. The van der Waals surface area contributed by atoms with Gasteiger partial charge in [0.05, 0.1) is 18.1 Å². The van der Waals surface area contributed by atoms with E-state index < -0.39 is 16.0 Å². The monoisotopic (exact) mass is 455 g/mol. The van der Waals surface area contributed by atoms with E-state index in [0.717, 1.165) is 0 Å². The van der Waals surface area contributed by atoms with E-state index in [0.29, 0.717) is 47.5 Å². The van der Waals surface area contributed by atoms with Gasteiger partial charge in [0.2, 0.25) is 10.0 Å². The Morgan fingerprint density at radius 3 is 2.31 bits per heavy atom. The number of nitrogens with zero attached hydrogens (tertiary/aromatic N) is 1. The minimum Gasteiger partial charge on any atom is -0.458 e. The molecule has 0 amide bonds. The number of hydrogen-bond donors (Lipinski definition) is 0. The van der Waals surface area contributed by atoms with Crippen LogP contribution in [0.1, 0.15) is 11.1 Å². The third-order valence-corrected chi connectivity index (χ3v) is 6.94. The first kappa shape index (κ1) is 21.8. The van der Waals surface area contributed by atoms with Crippen LogP contribution in [0, 0.1) is 0 Å². The van der Waals surface area contributed by atoms with Crippen LogP contribution >= 0.6 is 23.2 Å². The molecule has 1 aliphatic heterocycles. The lowest BCUT2D eigenvalue weighted by atomic mass is 10.2. The van der Waals surface area contributed by atoms with E-state index in [9.17, 15) is 13.2 Å². The summed E-state index contributed by atoms with van der Waals surface area (Å²) in [6.07, 6.45) is 2.80. The standard InChI is InChI=1S/C20H19Cl2NO5S/c21-18-2-1-3-19(22)17(18)14-28-20(24)9-6-15-4-7-16(8-5-15)29(25,26)23-10-12-27-13-11-23/h1-9H,10-14H2. The van der Waals surface area contributed by atoms with Crippen LogP contribution in [-0.2, 0) is 30.9 Å². The molecule has 0 spiro atoms. The molecule has 3 rings (SSSR count). The zero-order chi connectivity index (χ0) is 20.9. The summed E-state index contributed by atoms with van der Waals surface area (Å²) in [5, 5.41) is 0.845. The first-order chi connectivity index (χ1) is 13.9. The molecule has 1 saturated heterocycles. The molecule has 6 nitrogen and oxygen atoms in total. The molecule has 9 heteroatoms. The van der Waals surface area contributed by atoms with Crippen molar-refractivity contribution in [3.05, 3.63) is 69.7 Å².